The minimum absolute atomic E-state index is 0.171. The van der Waals surface area contributed by atoms with Crippen LogP contribution < -0.4 is 8.92 Å². The van der Waals surface area contributed by atoms with Gasteiger partial charge in [-0.3, -0.25) is 4.18 Å². The Labute approximate surface area is 171 Å². The molecule has 2 aliphatic heterocycles. The van der Waals surface area contributed by atoms with E-state index in [-0.39, 0.29) is 11.2 Å². The van der Waals surface area contributed by atoms with Crippen LogP contribution in [0.4, 0.5) is 0 Å². The van der Waals surface area contributed by atoms with Crippen LogP contribution in [0, 0.1) is 5.92 Å². The van der Waals surface area contributed by atoms with E-state index >= 15 is 0 Å². The molecule has 5 rings (SSSR count). The predicted molar refractivity (Wildman–Crippen MR) is 105 cm³/mol. The number of hydrogen-bond acceptors (Lipinski definition) is 8. The molecule has 8 nitrogen and oxygen atoms in total. The second kappa shape index (κ2) is 6.09. The molecule has 0 aromatic heterocycles. The third-order valence-electron chi connectivity index (χ3n) is 7.06. The van der Waals surface area contributed by atoms with Crippen molar-refractivity contribution in [2.45, 2.75) is 49.3 Å². The van der Waals surface area contributed by atoms with Gasteiger partial charge in [0.25, 0.3) is 10.1 Å². The lowest BCUT2D eigenvalue weighted by molar-refractivity contribution is -0.0895. The fraction of sp³-hybridized carbons (Fsp3) is 0.684. The number of benzene rings is 1. The van der Waals surface area contributed by atoms with Crippen molar-refractivity contribution < 1.29 is 29.9 Å². The maximum absolute atomic E-state index is 11.9. The SMILES string of the molecule is CN1CCC23c4c5ccc(OS(C)(=O)=O)c4OC2C(OS(C)(=O)=O)CCC3C1C5. The Morgan fingerprint density at radius 1 is 1.14 bits per heavy atom. The second-order valence-electron chi connectivity index (χ2n) is 8.82. The van der Waals surface area contributed by atoms with Crippen molar-refractivity contribution >= 4 is 20.2 Å². The number of ether oxygens (including phenoxy) is 1. The standard InChI is InChI=1S/C19H25NO7S2/c1-20-9-8-19-12-5-7-15(27-29(3,23)24)18(19)25-17-14(26-28(2,21)22)6-4-11(16(17)19)10-13(12)20/h4,6,12-13,15,18H,5,7-10H2,1-3H3. The summed E-state index contributed by atoms with van der Waals surface area (Å²) in [6.45, 7) is 0.864. The summed E-state index contributed by atoms with van der Waals surface area (Å²) in [5.74, 6) is 0.909. The van der Waals surface area contributed by atoms with Gasteiger partial charge in [0.15, 0.2) is 11.5 Å². The Kier molecular flexibility index (Phi) is 4.11. The number of likely N-dealkylation sites (N-methyl/N-ethyl adjacent to an activating group) is 1. The number of hydrogen-bond donors (Lipinski definition) is 0. The maximum Gasteiger partial charge on any atom is 0.306 e. The van der Waals surface area contributed by atoms with E-state index in [9.17, 15) is 16.8 Å². The van der Waals surface area contributed by atoms with Gasteiger partial charge in [-0.15, -0.1) is 0 Å². The molecule has 0 amide bonds. The molecular weight excluding hydrogens is 418 g/mol. The van der Waals surface area contributed by atoms with E-state index in [4.69, 9.17) is 13.1 Å². The van der Waals surface area contributed by atoms with Crippen molar-refractivity contribution in [1.82, 2.24) is 4.90 Å². The lowest BCUT2D eigenvalue weighted by Gasteiger charge is -2.58. The fourth-order valence-corrected chi connectivity index (χ4v) is 7.33. The van der Waals surface area contributed by atoms with Crippen molar-refractivity contribution in [3.8, 4) is 11.5 Å². The van der Waals surface area contributed by atoms with Crippen LogP contribution >= 0.6 is 0 Å². The summed E-state index contributed by atoms with van der Waals surface area (Å²) >= 11 is 0. The van der Waals surface area contributed by atoms with Crippen molar-refractivity contribution in [3.05, 3.63) is 23.3 Å². The first-order chi connectivity index (χ1) is 13.5. The summed E-state index contributed by atoms with van der Waals surface area (Å²) in [4.78, 5) is 2.38. The van der Waals surface area contributed by atoms with Gasteiger partial charge in [-0.2, -0.15) is 16.8 Å². The quantitative estimate of drug-likeness (QED) is 0.637. The van der Waals surface area contributed by atoms with Gasteiger partial charge >= 0.3 is 10.1 Å². The fourth-order valence-electron chi connectivity index (χ4n) is 6.23. The summed E-state index contributed by atoms with van der Waals surface area (Å²) in [5.41, 5.74) is 1.74. The van der Waals surface area contributed by atoms with Crippen LogP contribution in [0.25, 0.3) is 0 Å². The van der Waals surface area contributed by atoms with E-state index in [1.807, 2.05) is 6.07 Å². The Morgan fingerprint density at radius 3 is 2.59 bits per heavy atom. The highest BCUT2D eigenvalue weighted by Gasteiger charge is 2.66. The van der Waals surface area contributed by atoms with Crippen molar-refractivity contribution in [3.63, 3.8) is 0 Å². The first-order valence-electron chi connectivity index (χ1n) is 9.80. The highest BCUT2D eigenvalue weighted by Crippen LogP contribution is 2.64. The van der Waals surface area contributed by atoms with Crippen LogP contribution in [0.15, 0.2) is 12.1 Å². The lowest BCUT2D eigenvalue weighted by atomic mass is 9.51. The minimum atomic E-state index is -3.73. The largest absolute Gasteiger partial charge is 0.482 e. The number of piperidine rings is 1. The van der Waals surface area contributed by atoms with Crippen LogP contribution in [0.2, 0.25) is 0 Å². The topological polar surface area (TPSA) is 99.2 Å². The van der Waals surface area contributed by atoms with E-state index < -0.39 is 32.4 Å². The summed E-state index contributed by atoms with van der Waals surface area (Å²) in [6, 6.07) is 3.91. The number of nitrogens with zero attached hydrogens (tertiary/aromatic N) is 1. The van der Waals surface area contributed by atoms with Crippen molar-refractivity contribution in [1.29, 1.82) is 0 Å². The minimum Gasteiger partial charge on any atom is -0.482 e. The zero-order valence-corrected chi connectivity index (χ0v) is 18.3. The first-order valence-corrected chi connectivity index (χ1v) is 13.4. The van der Waals surface area contributed by atoms with E-state index in [1.54, 1.807) is 6.07 Å². The average molecular weight is 444 g/mol. The molecule has 29 heavy (non-hydrogen) atoms. The smallest absolute Gasteiger partial charge is 0.306 e. The summed E-state index contributed by atoms with van der Waals surface area (Å²) in [5, 5.41) is 0. The van der Waals surface area contributed by atoms with Crippen LogP contribution in [0.5, 0.6) is 11.5 Å². The van der Waals surface area contributed by atoms with Gasteiger partial charge in [0, 0.05) is 17.0 Å². The molecule has 4 aliphatic rings. The average Bonchev–Trinajstić information content (AvgIpc) is 2.94. The molecule has 2 fully saturated rings. The van der Waals surface area contributed by atoms with E-state index in [2.05, 4.69) is 11.9 Å². The molecule has 2 bridgehead atoms. The summed E-state index contributed by atoms with van der Waals surface area (Å²) in [7, 11) is -5.25. The molecular formula is C19H25NO7S2. The third-order valence-corrected chi connectivity index (χ3v) is 8.14. The molecule has 1 spiro atoms. The Bertz CT molecular complexity index is 1080. The monoisotopic (exact) mass is 443 g/mol. The molecule has 2 aliphatic carbocycles. The number of likely N-dealkylation sites (tertiary alicyclic amines) is 1. The van der Waals surface area contributed by atoms with Crippen molar-refractivity contribution in [2.24, 2.45) is 5.92 Å². The predicted octanol–water partition coefficient (Wildman–Crippen LogP) is 1.04. The van der Waals surface area contributed by atoms with Crippen LogP contribution in [-0.4, -0.2) is 66.1 Å². The summed E-state index contributed by atoms with van der Waals surface area (Å²) in [6.07, 6.45) is 4.06. The van der Waals surface area contributed by atoms with Gasteiger partial charge in [0.2, 0.25) is 0 Å². The number of rotatable bonds is 4. The molecule has 0 N–H and O–H groups in total. The zero-order chi connectivity index (χ0) is 20.8. The van der Waals surface area contributed by atoms with Crippen LogP contribution in [0.3, 0.4) is 0 Å². The Balaban J connectivity index is 1.70. The normalized spacial score (nSPS) is 35.7. The Hall–Kier alpha value is -1.36. The lowest BCUT2D eigenvalue weighted by Crippen LogP contribution is -2.66. The zero-order valence-electron chi connectivity index (χ0n) is 16.6. The molecule has 2 heterocycles. The first kappa shape index (κ1) is 19.6. The van der Waals surface area contributed by atoms with Gasteiger partial charge in [0.1, 0.15) is 12.2 Å². The molecule has 1 saturated carbocycles. The highest BCUT2D eigenvalue weighted by atomic mass is 32.2. The van der Waals surface area contributed by atoms with Crippen LogP contribution in [-0.2, 0) is 36.3 Å². The molecule has 5 atom stereocenters. The van der Waals surface area contributed by atoms with E-state index in [0.29, 0.717) is 24.1 Å². The molecule has 5 unspecified atom stereocenters. The van der Waals surface area contributed by atoms with Gasteiger partial charge < -0.3 is 13.8 Å². The van der Waals surface area contributed by atoms with Crippen molar-refractivity contribution in [2.75, 3.05) is 26.1 Å². The van der Waals surface area contributed by atoms with E-state index in [1.165, 1.54) is 0 Å². The highest BCUT2D eigenvalue weighted by molar-refractivity contribution is 7.86. The van der Waals surface area contributed by atoms with Gasteiger partial charge in [-0.05, 0) is 56.8 Å². The van der Waals surface area contributed by atoms with Gasteiger partial charge in [-0.25, -0.2) is 0 Å². The molecule has 1 saturated heterocycles. The molecule has 160 valence electrons. The molecule has 10 heteroatoms. The third kappa shape index (κ3) is 2.90. The van der Waals surface area contributed by atoms with Crippen LogP contribution in [0.1, 0.15) is 30.4 Å². The molecule has 0 radical (unpaired) electrons. The van der Waals surface area contributed by atoms with E-state index in [0.717, 1.165) is 49.4 Å². The Morgan fingerprint density at radius 2 is 1.90 bits per heavy atom. The summed E-state index contributed by atoms with van der Waals surface area (Å²) < 4.78 is 64.5. The molecule has 1 aromatic carbocycles. The maximum atomic E-state index is 11.9. The van der Waals surface area contributed by atoms with Gasteiger partial charge in [-0.1, -0.05) is 6.07 Å². The van der Waals surface area contributed by atoms with Gasteiger partial charge in [0.05, 0.1) is 12.5 Å². The second-order valence-corrected chi connectivity index (χ2v) is 12.0. The molecule has 1 aromatic rings.